The topological polar surface area (TPSA) is 68.5 Å². The number of ether oxygens (including phenoxy) is 1. The molecule has 3 aromatic rings. The molecule has 1 heterocycles. The highest BCUT2D eigenvalue weighted by molar-refractivity contribution is 5.80. The van der Waals surface area contributed by atoms with E-state index in [2.05, 4.69) is 10.1 Å². The third-order valence-corrected chi connectivity index (χ3v) is 4.17. The minimum Gasteiger partial charge on any atom is -0.481 e. The fraction of sp³-hybridized carbons (Fsp3) is 0.286. The van der Waals surface area contributed by atoms with E-state index in [9.17, 15) is 4.79 Å². The largest absolute Gasteiger partial charge is 0.481 e. The molecule has 0 fully saturated rings. The van der Waals surface area contributed by atoms with Crippen LogP contribution >= 0.6 is 0 Å². The Labute approximate surface area is 158 Å². The van der Waals surface area contributed by atoms with E-state index in [4.69, 9.17) is 9.26 Å². The molecule has 2 aromatic carbocycles. The number of hydrogen-bond donors (Lipinski definition) is 0. The monoisotopic (exact) mass is 365 g/mol. The molecule has 0 aliphatic heterocycles. The van der Waals surface area contributed by atoms with Gasteiger partial charge in [0.2, 0.25) is 11.7 Å². The van der Waals surface area contributed by atoms with Crippen molar-refractivity contribution in [1.29, 1.82) is 0 Å². The van der Waals surface area contributed by atoms with E-state index in [0.717, 1.165) is 16.7 Å². The first-order valence-electron chi connectivity index (χ1n) is 8.80. The van der Waals surface area contributed by atoms with Crippen molar-refractivity contribution in [2.24, 2.45) is 0 Å². The van der Waals surface area contributed by atoms with Crippen molar-refractivity contribution in [3.8, 4) is 17.1 Å². The molecule has 1 aromatic heterocycles. The molecule has 0 unspecified atom stereocenters. The summed E-state index contributed by atoms with van der Waals surface area (Å²) in [7, 11) is 1.69. The van der Waals surface area contributed by atoms with Crippen LogP contribution in [0.1, 0.15) is 23.9 Å². The summed E-state index contributed by atoms with van der Waals surface area (Å²) < 4.78 is 11.0. The van der Waals surface area contributed by atoms with Gasteiger partial charge in [-0.25, -0.2) is 0 Å². The summed E-state index contributed by atoms with van der Waals surface area (Å²) in [5.74, 6) is 1.39. The average molecular weight is 365 g/mol. The molecular weight excluding hydrogens is 342 g/mol. The second-order valence-electron chi connectivity index (χ2n) is 6.65. The third-order valence-electron chi connectivity index (χ3n) is 4.17. The Kier molecular flexibility index (Phi) is 5.54. The van der Waals surface area contributed by atoms with Gasteiger partial charge in [-0.2, -0.15) is 4.98 Å². The molecule has 0 radical (unpaired) electrons. The van der Waals surface area contributed by atoms with Crippen LogP contribution in [0.4, 0.5) is 0 Å². The lowest BCUT2D eigenvalue weighted by atomic mass is 10.1. The van der Waals surface area contributed by atoms with Crippen molar-refractivity contribution < 1.29 is 14.1 Å². The van der Waals surface area contributed by atoms with Crippen LogP contribution in [0.15, 0.2) is 53.1 Å². The second-order valence-corrected chi connectivity index (χ2v) is 6.65. The maximum Gasteiger partial charge on any atom is 0.263 e. The first-order valence-corrected chi connectivity index (χ1v) is 8.80. The summed E-state index contributed by atoms with van der Waals surface area (Å²) in [6.45, 7) is 5.96. The third kappa shape index (κ3) is 4.73. The zero-order valence-corrected chi connectivity index (χ0v) is 16.0. The Hall–Kier alpha value is -3.15. The van der Waals surface area contributed by atoms with Crippen molar-refractivity contribution in [1.82, 2.24) is 15.0 Å². The van der Waals surface area contributed by atoms with Crippen molar-refractivity contribution in [2.75, 3.05) is 7.05 Å². The lowest BCUT2D eigenvalue weighted by Gasteiger charge is -2.20. The molecule has 0 saturated carbocycles. The molecule has 3 rings (SSSR count). The highest BCUT2D eigenvalue weighted by atomic mass is 16.5. The Morgan fingerprint density at radius 2 is 1.89 bits per heavy atom. The van der Waals surface area contributed by atoms with Crippen molar-refractivity contribution in [3.63, 3.8) is 0 Å². The number of likely N-dealkylation sites (N-methyl/N-ethyl adjacent to an activating group) is 1. The summed E-state index contributed by atoms with van der Waals surface area (Å²) >= 11 is 0. The van der Waals surface area contributed by atoms with Gasteiger partial charge in [-0.15, -0.1) is 0 Å². The van der Waals surface area contributed by atoms with Crippen LogP contribution in [0.3, 0.4) is 0 Å². The summed E-state index contributed by atoms with van der Waals surface area (Å²) in [6, 6.07) is 15.5. The minimum atomic E-state index is -0.614. The van der Waals surface area contributed by atoms with Crippen LogP contribution in [0.5, 0.6) is 5.75 Å². The van der Waals surface area contributed by atoms with E-state index in [1.165, 1.54) is 4.90 Å². The lowest BCUT2D eigenvalue weighted by Crippen LogP contribution is -2.37. The number of aromatic nitrogens is 2. The van der Waals surface area contributed by atoms with Gasteiger partial charge in [0.25, 0.3) is 5.91 Å². The minimum absolute atomic E-state index is 0.161. The van der Waals surface area contributed by atoms with E-state index in [1.807, 2.05) is 62.4 Å². The Bertz CT molecular complexity index is 918. The number of carbonyl (C=O) groups excluding carboxylic acids is 1. The van der Waals surface area contributed by atoms with Crippen LogP contribution in [0.25, 0.3) is 11.4 Å². The number of nitrogens with zero attached hydrogens (tertiary/aromatic N) is 3. The van der Waals surface area contributed by atoms with Crippen LogP contribution < -0.4 is 4.74 Å². The molecule has 0 N–H and O–H groups in total. The van der Waals surface area contributed by atoms with Crippen LogP contribution in [0, 0.1) is 13.8 Å². The number of carbonyl (C=O) groups is 1. The second kappa shape index (κ2) is 8.03. The molecule has 0 aliphatic carbocycles. The summed E-state index contributed by atoms with van der Waals surface area (Å²) in [6.07, 6.45) is -0.614. The van der Waals surface area contributed by atoms with Crippen LogP contribution in [-0.2, 0) is 11.3 Å². The Balaban J connectivity index is 1.61. The molecule has 1 atom stereocenters. The predicted molar refractivity (Wildman–Crippen MR) is 102 cm³/mol. The molecular formula is C21H23N3O3. The highest BCUT2D eigenvalue weighted by Gasteiger charge is 2.21. The summed E-state index contributed by atoms with van der Waals surface area (Å²) in [4.78, 5) is 18.5. The van der Waals surface area contributed by atoms with Crippen molar-refractivity contribution in [3.05, 3.63) is 65.5 Å². The normalized spacial score (nSPS) is 11.9. The molecule has 140 valence electrons. The molecule has 0 spiro atoms. The summed E-state index contributed by atoms with van der Waals surface area (Å²) in [5.41, 5.74) is 3.14. The van der Waals surface area contributed by atoms with E-state index < -0.39 is 6.10 Å². The Morgan fingerprint density at radius 1 is 1.15 bits per heavy atom. The van der Waals surface area contributed by atoms with Gasteiger partial charge >= 0.3 is 0 Å². The predicted octanol–water partition coefficient (Wildman–Crippen LogP) is 3.78. The molecule has 0 saturated heterocycles. The van der Waals surface area contributed by atoms with Gasteiger partial charge in [-0.05, 0) is 39.0 Å². The fourth-order valence-electron chi connectivity index (χ4n) is 2.68. The molecule has 6 heteroatoms. The van der Waals surface area contributed by atoms with Gasteiger partial charge in [0.1, 0.15) is 5.75 Å². The van der Waals surface area contributed by atoms with E-state index in [0.29, 0.717) is 17.5 Å². The number of aryl methyl sites for hydroxylation is 2. The molecule has 6 nitrogen and oxygen atoms in total. The smallest absolute Gasteiger partial charge is 0.263 e. The van der Waals surface area contributed by atoms with Crippen LogP contribution in [0.2, 0.25) is 0 Å². The first kappa shape index (κ1) is 18.6. The first-order chi connectivity index (χ1) is 12.9. The molecule has 1 amide bonds. The number of benzene rings is 2. The molecule has 0 bridgehead atoms. The number of hydrogen-bond acceptors (Lipinski definition) is 5. The van der Waals surface area contributed by atoms with E-state index in [-0.39, 0.29) is 12.5 Å². The van der Waals surface area contributed by atoms with E-state index in [1.54, 1.807) is 14.0 Å². The zero-order chi connectivity index (χ0) is 19.4. The number of rotatable bonds is 6. The quantitative estimate of drug-likeness (QED) is 0.665. The molecule has 27 heavy (non-hydrogen) atoms. The van der Waals surface area contributed by atoms with Gasteiger partial charge in [-0.1, -0.05) is 46.6 Å². The lowest BCUT2D eigenvalue weighted by molar-refractivity contribution is -0.137. The average Bonchev–Trinajstić information content (AvgIpc) is 3.11. The zero-order valence-electron chi connectivity index (χ0n) is 16.0. The summed E-state index contributed by atoms with van der Waals surface area (Å²) in [5, 5.41) is 4.01. The fourth-order valence-corrected chi connectivity index (χ4v) is 2.68. The Morgan fingerprint density at radius 3 is 2.59 bits per heavy atom. The maximum atomic E-state index is 12.6. The van der Waals surface area contributed by atoms with Crippen molar-refractivity contribution in [2.45, 2.75) is 33.4 Å². The van der Waals surface area contributed by atoms with Gasteiger partial charge in [0.15, 0.2) is 6.10 Å². The highest BCUT2D eigenvalue weighted by Crippen LogP contribution is 2.18. The standard InChI is InChI=1S/C21H23N3O3/c1-14-8-10-18(11-9-14)26-16(3)21(25)24(4)13-19-22-20(23-27-19)17-7-5-6-15(2)12-17/h5-12,16H,13H2,1-4H3/t16-/m0/s1. The van der Waals surface area contributed by atoms with Gasteiger partial charge in [-0.3, -0.25) is 4.79 Å². The maximum absolute atomic E-state index is 12.6. The SMILES string of the molecule is Cc1ccc(O[C@@H](C)C(=O)N(C)Cc2nc(-c3cccc(C)c3)no2)cc1. The van der Waals surface area contributed by atoms with Gasteiger partial charge in [0.05, 0.1) is 6.54 Å². The van der Waals surface area contributed by atoms with E-state index >= 15 is 0 Å². The van der Waals surface area contributed by atoms with Crippen LogP contribution in [-0.4, -0.2) is 34.1 Å². The number of amides is 1. The molecule has 0 aliphatic rings. The van der Waals surface area contributed by atoms with Gasteiger partial charge < -0.3 is 14.2 Å². The van der Waals surface area contributed by atoms with Crippen molar-refractivity contribution >= 4 is 5.91 Å². The van der Waals surface area contributed by atoms with Gasteiger partial charge in [0, 0.05) is 12.6 Å².